The minimum Gasteiger partial charge on any atom is -0.496 e. The Labute approximate surface area is 353 Å². The van der Waals surface area contributed by atoms with Crippen LogP contribution in [0.15, 0.2) is 70.6 Å². The first-order chi connectivity index (χ1) is 27.9. The normalized spacial score (nSPS) is 13.6. The number of nitrogens with one attached hydrogen (secondary N) is 4. The second-order valence-electron chi connectivity index (χ2n) is 16.4. The number of methoxy groups -OCH3 is 1. The van der Waals surface area contributed by atoms with Crippen LogP contribution in [0.5, 0.6) is 11.5 Å². The summed E-state index contributed by atoms with van der Waals surface area (Å²) in [5.74, 6) is -2.05. The Bertz CT molecular complexity index is 2110. The van der Waals surface area contributed by atoms with Crippen molar-refractivity contribution < 1.29 is 46.9 Å². The van der Waals surface area contributed by atoms with E-state index in [-0.39, 0.29) is 43.1 Å². The molecule has 328 valence electrons. The summed E-state index contributed by atoms with van der Waals surface area (Å²) in [6, 6.07) is 13.5. The molecule has 0 aliphatic rings. The number of nitrogens with two attached hydrogens (primary N) is 1. The molecule has 0 aliphatic heterocycles. The number of guanidine groups is 1. The zero-order valence-corrected chi connectivity index (χ0v) is 36.9. The molecule has 3 rings (SSSR count). The number of hydrogen-bond acceptors (Lipinski definition) is 10. The van der Waals surface area contributed by atoms with Crippen LogP contribution in [-0.2, 0) is 42.0 Å². The molecule has 0 bridgehead atoms. The highest BCUT2D eigenvalue weighted by molar-refractivity contribution is 7.90. The summed E-state index contributed by atoms with van der Waals surface area (Å²) in [6.07, 6.45) is -0.868. The van der Waals surface area contributed by atoms with Crippen molar-refractivity contribution >= 4 is 39.9 Å². The van der Waals surface area contributed by atoms with Crippen molar-refractivity contribution in [3.8, 4) is 11.5 Å². The van der Waals surface area contributed by atoms with Crippen LogP contribution in [-0.4, -0.2) is 86.3 Å². The first kappa shape index (κ1) is 48.5. The van der Waals surface area contributed by atoms with Crippen molar-refractivity contribution in [3.63, 3.8) is 0 Å². The number of carboxylic acid groups (broad SMARTS) is 1. The number of hydrogen-bond donors (Lipinski definition) is 6. The number of aliphatic imine (C=N–C) groups is 1. The van der Waals surface area contributed by atoms with Gasteiger partial charge in [-0.15, -0.1) is 0 Å². The van der Waals surface area contributed by atoms with Crippen LogP contribution in [0.4, 0.5) is 4.79 Å². The quantitative estimate of drug-likeness (QED) is 0.0588. The summed E-state index contributed by atoms with van der Waals surface area (Å²) < 4.78 is 45.7. The maximum atomic E-state index is 14.0. The van der Waals surface area contributed by atoms with Crippen molar-refractivity contribution in [1.29, 1.82) is 0 Å². The van der Waals surface area contributed by atoms with Crippen LogP contribution in [0, 0.1) is 20.8 Å². The fourth-order valence-electron chi connectivity index (χ4n) is 6.17. The Morgan fingerprint density at radius 2 is 1.35 bits per heavy atom. The van der Waals surface area contributed by atoms with E-state index >= 15 is 0 Å². The maximum absolute atomic E-state index is 14.0. The summed E-state index contributed by atoms with van der Waals surface area (Å²) in [5, 5.41) is 17.9. The van der Waals surface area contributed by atoms with E-state index in [9.17, 15) is 32.7 Å². The summed E-state index contributed by atoms with van der Waals surface area (Å²) in [7, 11) is -2.64. The molecule has 0 fully saturated rings. The monoisotopic (exact) mass is 852 g/mol. The van der Waals surface area contributed by atoms with E-state index in [0.29, 0.717) is 39.3 Å². The van der Waals surface area contributed by atoms with Gasteiger partial charge in [-0.2, -0.15) is 0 Å². The number of sulfonamides is 1. The molecular formula is C43H60N6O10S. The second-order valence-corrected chi connectivity index (χ2v) is 18.0. The highest BCUT2D eigenvalue weighted by atomic mass is 32.2. The largest absolute Gasteiger partial charge is 0.496 e. The topological polar surface area (TPSA) is 237 Å². The Morgan fingerprint density at radius 1 is 0.783 bits per heavy atom. The molecule has 0 spiro atoms. The minimum atomic E-state index is -4.14. The van der Waals surface area contributed by atoms with Gasteiger partial charge in [-0.05, 0) is 121 Å². The predicted molar refractivity (Wildman–Crippen MR) is 229 cm³/mol. The Hall–Kier alpha value is -5.84. The van der Waals surface area contributed by atoms with Gasteiger partial charge in [-0.3, -0.25) is 14.6 Å². The SMILES string of the molecule is COc1cc(C)c(S(=O)(=O)NC(N)=NCCC[C@H](NC(=O)OC(C)(C)C)C(=O)N[C@@H](Cc2ccc(OC(C)(C)C)cc2)C(=O)N[C@@H](Cc2ccccc2)C(=O)O)c(C)c1C. The summed E-state index contributed by atoms with van der Waals surface area (Å²) in [4.78, 5) is 57.4. The van der Waals surface area contributed by atoms with Gasteiger partial charge in [0.05, 0.1) is 12.0 Å². The van der Waals surface area contributed by atoms with Crippen molar-refractivity contribution in [2.45, 2.75) is 122 Å². The van der Waals surface area contributed by atoms with Crippen LogP contribution in [0.2, 0.25) is 0 Å². The van der Waals surface area contributed by atoms with Crippen LogP contribution >= 0.6 is 0 Å². The summed E-state index contributed by atoms with van der Waals surface area (Å²) in [6.45, 7) is 15.7. The minimum absolute atomic E-state index is 0.0109. The number of alkyl carbamates (subject to hydrolysis) is 1. The molecular weight excluding hydrogens is 793 g/mol. The van der Waals surface area contributed by atoms with E-state index in [0.717, 1.165) is 0 Å². The van der Waals surface area contributed by atoms with E-state index in [1.54, 1.807) is 102 Å². The van der Waals surface area contributed by atoms with E-state index in [1.807, 2.05) is 20.8 Å². The van der Waals surface area contributed by atoms with Gasteiger partial charge in [0.15, 0.2) is 0 Å². The molecule has 0 saturated heterocycles. The smallest absolute Gasteiger partial charge is 0.408 e. The molecule has 60 heavy (non-hydrogen) atoms. The number of carboxylic acids is 1. The molecule has 7 N–H and O–H groups in total. The fraction of sp³-hybridized carbons (Fsp3) is 0.465. The molecule has 0 heterocycles. The fourth-order valence-corrected chi connectivity index (χ4v) is 7.65. The lowest BCUT2D eigenvalue weighted by Gasteiger charge is -2.26. The molecule has 3 aromatic carbocycles. The van der Waals surface area contributed by atoms with Crippen molar-refractivity contribution in [2.75, 3.05) is 13.7 Å². The number of nitrogens with zero attached hydrogens (tertiary/aromatic N) is 1. The van der Waals surface area contributed by atoms with E-state index in [1.165, 1.54) is 7.11 Å². The molecule has 3 atom stereocenters. The average Bonchev–Trinajstić information content (AvgIpc) is 3.13. The van der Waals surface area contributed by atoms with Gasteiger partial charge in [0.25, 0.3) is 10.0 Å². The predicted octanol–water partition coefficient (Wildman–Crippen LogP) is 4.60. The Kier molecular flexibility index (Phi) is 16.9. The molecule has 17 heteroatoms. The molecule has 3 amide bonds. The van der Waals surface area contributed by atoms with Crippen LogP contribution in [0.1, 0.15) is 82.2 Å². The van der Waals surface area contributed by atoms with E-state index in [4.69, 9.17) is 19.9 Å². The van der Waals surface area contributed by atoms with E-state index in [2.05, 4.69) is 25.7 Å². The zero-order valence-electron chi connectivity index (χ0n) is 36.1. The van der Waals surface area contributed by atoms with Gasteiger partial charge in [-0.25, -0.2) is 22.7 Å². The lowest BCUT2D eigenvalue weighted by molar-refractivity contribution is -0.142. The average molecular weight is 853 g/mol. The zero-order chi connectivity index (χ0) is 45.0. The number of amides is 3. The van der Waals surface area contributed by atoms with Crippen LogP contribution in [0.3, 0.4) is 0 Å². The molecule has 16 nitrogen and oxygen atoms in total. The first-order valence-electron chi connectivity index (χ1n) is 19.5. The third-order valence-electron chi connectivity index (χ3n) is 8.96. The molecule has 0 unspecified atom stereocenters. The number of benzene rings is 3. The number of aliphatic carboxylic acids is 1. The third kappa shape index (κ3) is 15.4. The lowest BCUT2D eigenvalue weighted by Crippen LogP contribution is -2.57. The molecule has 0 saturated carbocycles. The number of ether oxygens (including phenoxy) is 3. The van der Waals surface area contributed by atoms with Gasteiger partial charge < -0.3 is 41.0 Å². The molecule has 0 aliphatic carbocycles. The van der Waals surface area contributed by atoms with E-state index < -0.39 is 63.2 Å². The van der Waals surface area contributed by atoms with Gasteiger partial charge in [0.2, 0.25) is 17.8 Å². The van der Waals surface area contributed by atoms with Gasteiger partial charge in [0.1, 0.15) is 40.8 Å². The second kappa shape index (κ2) is 20.9. The van der Waals surface area contributed by atoms with Crippen molar-refractivity contribution in [2.24, 2.45) is 10.7 Å². The number of rotatable bonds is 18. The van der Waals surface area contributed by atoms with Crippen LogP contribution < -0.4 is 35.9 Å². The Balaban J connectivity index is 1.86. The molecule has 0 radical (unpaired) electrons. The maximum Gasteiger partial charge on any atom is 0.408 e. The van der Waals surface area contributed by atoms with Crippen molar-refractivity contribution in [1.82, 2.24) is 20.7 Å². The Morgan fingerprint density at radius 3 is 1.92 bits per heavy atom. The van der Waals surface area contributed by atoms with Crippen molar-refractivity contribution in [3.05, 3.63) is 88.5 Å². The highest BCUT2D eigenvalue weighted by Gasteiger charge is 2.31. The highest BCUT2D eigenvalue weighted by Crippen LogP contribution is 2.30. The molecule has 0 aromatic heterocycles. The standard InChI is InChI=1S/C43H60N6O10S/c1-26-23-35(57-10)27(2)28(3)36(26)60(55,56)49-40(44)45-22-14-17-32(48-41(54)59-43(7,8)9)37(50)46-33(24-30-18-20-31(21-19-30)58-42(4,5)6)38(51)47-34(39(52)53)25-29-15-12-11-13-16-29/h11-13,15-16,18-21,23,32-34H,14,17,22,24-25H2,1-10H3,(H,46,50)(H,47,51)(H,48,54)(H,52,53)(H3,44,45,49)/t32-,33-,34-/m0/s1. The number of carbonyl (C=O) groups is 4. The lowest BCUT2D eigenvalue weighted by atomic mass is 10.0. The van der Waals surface area contributed by atoms with Gasteiger partial charge in [-0.1, -0.05) is 42.5 Å². The summed E-state index contributed by atoms with van der Waals surface area (Å²) >= 11 is 0. The molecule has 3 aromatic rings. The van der Waals surface area contributed by atoms with Crippen LogP contribution in [0.25, 0.3) is 0 Å². The summed E-state index contributed by atoms with van der Waals surface area (Å²) in [5.41, 5.74) is 7.54. The first-order valence-corrected chi connectivity index (χ1v) is 21.0. The number of aryl methyl sites for hydroxylation is 1. The number of carbonyl (C=O) groups excluding carboxylic acids is 3. The van der Waals surface area contributed by atoms with Gasteiger partial charge >= 0.3 is 12.1 Å². The van der Waals surface area contributed by atoms with Gasteiger partial charge in [0, 0.05) is 19.4 Å². The third-order valence-corrected chi connectivity index (χ3v) is 10.6.